The zero-order chi connectivity index (χ0) is 13.8. The number of halogens is 2. The molecule has 1 saturated carbocycles. The molecule has 0 heterocycles. The Kier molecular flexibility index (Phi) is 5.88. The van der Waals surface area contributed by atoms with Crippen molar-refractivity contribution in [2.45, 2.75) is 49.9 Å². The molecule has 19 heavy (non-hydrogen) atoms. The molecule has 3 unspecified atom stereocenters. The SMILES string of the molecule is CSC1CCCC(NC(C)c2cc(Cl)ccc2Cl)C1. The van der Waals surface area contributed by atoms with E-state index in [1.54, 1.807) is 0 Å². The molecule has 1 N–H and O–H groups in total. The molecule has 0 spiro atoms. The lowest BCUT2D eigenvalue weighted by Crippen LogP contribution is -2.36. The van der Waals surface area contributed by atoms with Crippen molar-refractivity contribution >= 4 is 35.0 Å². The Morgan fingerprint density at radius 2 is 2.11 bits per heavy atom. The minimum atomic E-state index is 0.247. The molecule has 0 bridgehead atoms. The molecular formula is C15H21Cl2NS. The van der Waals surface area contributed by atoms with Gasteiger partial charge in [-0.05, 0) is 56.2 Å². The average molecular weight is 318 g/mol. The third kappa shape index (κ3) is 4.29. The zero-order valence-corrected chi connectivity index (χ0v) is 13.8. The normalized spacial score (nSPS) is 25.3. The Morgan fingerprint density at radius 1 is 1.32 bits per heavy atom. The van der Waals surface area contributed by atoms with Crippen molar-refractivity contribution in [3.63, 3.8) is 0 Å². The number of hydrogen-bond acceptors (Lipinski definition) is 2. The second-order valence-electron chi connectivity index (χ2n) is 5.28. The summed E-state index contributed by atoms with van der Waals surface area (Å²) in [5, 5.41) is 6.05. The van der Waals surface area contributed by atoms with E-state index in [9.17, 15) is 0 Å². The van der Waals surface area contributed by atoms with Gasteiger partial charge in [0, 0.05) is 27.4 Å². The van der Waals surface area contributed by atoms with Crippen molar-refractivity contribution in [1.82, 2.24) is 5.32 Å². The van der Waals surface area contributed by atoms with Crippen molar-refractivity contribution in [1.29, 1.82) is 0 Å². The average Bonchev–Trinajstić information content (AvgIpc) is 2.41. The maximum Gasteiger partial charge on any atom is 0.0454 e. The van der Waals surface area contributed by atoms with Gasteiger partial charge in [-0.1, -0.05) is 29.6 Å². The fraction of sp³-hybridized carbons (Fsp3) is 0.600. The van der Waals surface area contributed by atoms with Gasteiger partial charge in [0.05, 0.1) is 0 Å². The van der Waals surface area contributed by atoms with Gasteiger partial charge in [-0.25, -0.2) is 0 Å². The Bertz CT molecular complexity index is 425. The zero-order valence-electron chi connectivity index (χ0n) is 11.5. The number of nitrogens with one attached hydrogen (secondary N) is 1. The summed E-state index contributed by atoms with van der Waals surface area (Å²) in [6.07, 6.45) is 7.40. The third-order valence-corrected chi connectivity index (χ3v) is 5.54. The molecule has 4 heteroatoms. The molecule has 1 aromatic rings. The summed E-state index contributed by atoms with van der Waals surface area (Å²) < 4.78 is 0. The Labute approximate surface area is 130 Å². The Hall–Kier alpha value is 0.110. The van der Waals surface area contributed by atoms with Crippen LogP contribution in [0.3, 0.4) is 0 Å². The highest BCUT2D eigenvalue weighted by Gasteiger charge is 2.23. The lowest BCUT2D eigenvalue weighted by atomic mass is 9.93. The maximum atomic E-state index is 6.26. The molecule has 0 aliphatic heterocycles. The lowest BCUT2D eigenvalue weighted by Gasteiger charge is -2.31. The van der Waals surface area contributed by atoms with Crippen LogP contribution in [0.25, 0.3) is 0 Å². The van der Waals surface area contributed by atoms with Crippen molar-refractivity contribution in [2.75, 3.05) is 6.26 Å². The largest absolute Gasteiger partial charge is 0.307 e. The van der Waals surface area contributed by atoms with Crippen molar-refractivity contribution < 1.29 is 0 Å². The lowest BCUT2D eigenvalue weighted by molar-refractivity contribution is 0.353. The van der Waals surface area contributed by atoms with Gasteiger partial charge in [0.2, 0.25) is 0 Å². The summed E-state index contributed by atoms with van der Waals surface area (Å²) in [7, 11) is 0. The molecule has 1 aliphatic carbocycles. The molecule has 1 fully saturated rings. The predicted molar refractivity (Wildman–Crippen MR) is 87.6 cm³/mol. The van der Waals surface area contributed by atoms with Crippen LogP contribution in [0.1, 0.15) is 44.2 Å². The molecule has 1 aromatic carbocycles. The molecule has 106 valence electrons. The number of thioether (sulfide) groups is 1. The van der Waals surface area contributed by atoms with Crippen LogP contribution in [0.5, 0.6) is 0 Å². The molecule has 3 atom stereocenters. The molecule has 0 aromatic heterocycles. The van der Waals surface area contributed by atoms with Gasteiger partial charge in [0.15, 0.2) is 0 Å². The third-order valence-electron chi connectivity index (χ3n) is 3.87. The smallest absolute Gasteiger partial charge is 0.0454 e. The minimum absolute atomic E-state index is 0.247. The van der Waals surface area contributed by atoms with Crippen molar-refractivity contribution in [3.05, 3.63) is 33.8 Å². The molecule has 1 aliphatic rings. The van der Waals surface area contributed by atoms with Gasteiger partial charge < -0.3 is 5.32 Å². The van der Waals surface area contributed by atoms with Crippen molar-refractivity contribution in [2.24, 2.45) is 0 Å². The van der Waals surface area contributed by atoms with E-state index in [2.05, 4.69) is 18.5 Å². The summed E-state index contributed by atoms with van der Waals surface area (Å²) in [6, 6.07) is 6.53. The number of benzene rings is 1. The number of rotatable bonds is 4. The van der Waals surface area contributed by atoms with Crippen molar-refractivity contribution in [3.8, 4) is 0 Å². The van der Waals surface area contributed by atoms with Gasteiger partial charge in [0.25, 0.3) is 0 Å². The summed E-state index contributed by atoms with van der Waals surface area (Å²) in [6.45, 7) is 2.17. The highest BCUT2D eigenvalue weighted by molar-refractivity contribution is 7.99. The molecule has 0 saturated heterocycles. The van der Waals surface area contributed by atoms with Crippen LogP contribution in [0.15, 0.2) is 18.2 Å². The first-order valence-corrected chi connectivity index (χ1v) is 8.88. The first-order valence-electron chi connectivity index (χ1n) is 6.84. The summed E-state index contributed by atoms with van der Waals surface area (Å²) >= 11 is 14.3. The maximum absolute atomic E-state index is 6.26. The first-order chi connectivity index (χ1) is 9.10. The second-order valence-corrected chi connectivity index (χ2v) is 7.26. The van der Waals surface area contributed by atoms with Gasteiger partial charge >= 0.3 is 0 Å². The molecule has 2 rings (SSSR count). The van der Waals surface area contributed by atoms with Crippen LogP contribution < -0.4 is 5.32 Å². The van der Waals surface area contributed by atoms with Gasteiger partial charge in [0.1, 0.15) is 0 Å². The van der Waals surface area contributed by atoms with E-state index < -0.39 is 0 Å². The highest BCUT2D eigenvalue weighted by Crippen LogP contribution is 2.30. The van der Waals surface area contributed by atoms with Gasteiger partial charge in [-0.3, -0.25) is 0 Å². The van der Waals surface area contributed by atoms with Crippen LogP contribution >= 0.6 is 35.0 Å². The van der Waals surface area contributed by atoms with E-state index in [1.807, 2.05) is 30.0 Å². The van der Waals surface area contributed by atoms with Crippen LogP contribution in [0.4, 0.5) is 0 Å². The van der Waals surface area contributed by atoms with E-state index in [4.69, 9.17) is 23.2 Å². The fourth-order valence-electron chi connectivity index (χ4n) is 2.80. The van der Waals surface area contributed by atoms with Crippen LogP contribution in [0, 0.1) is 0 Å². The quantitative estimate of drug-likeness (QED) is 0.806. The van der Waals surface area contributed by atoms with E-state index in [0.29, 0.717) is 6.04 Å². The monoisotopic (exact) mass is 317 g/mol. The minimum Gasteiger partial charge on any atom is -0.307 e. The van der Waals surface area contributed by atoms with E-state index in [-0.39, 0.29) is 6.04 Å². The van der Waals surface area contributed by atoms with Crippen LogP contribution in [-0.2, 0) is 0 Å². The van der Waals surface area contributed by atoms with E-state index >= 15 is 0 Å². The van der Waals surface area contributed by atoms with E-state index in [1.165, 1.54) is 25.7 Å². The Morgan fingerprint density at radius 3 is 2.84 bits per heavy atom. The fourth-order valence-corrected chi connectivity index (χ4v) is 4.09. The van der Waals surface area contributed by atoms with Crippen LogP contribution in [-0.4, -0.2) is 17.5 Å². The van der Waals surface area contributed by atoms with E-state index in [0.717, 1.165) is 20.9 Å². The summed E-state index contributed by atoms with van der Waals surface area (Å²) in [4.78, 5) is 0. The molecule has 0 amide bonds. The Balaban J connectivity index is 2.00. The second kappa shape index (κ2) is 7.21. The van der Waals surface area contributed by atoms with Gasteiger partial charge in [-0.15, -0.1) is 0 Å². The van der Waals surface area contributed by atoms with Gasteiger partial charge in [-0.2, -0.15) is 11.8 Å². The molecule has 1 nitrogen and oxygen atoms in total. The summed E-state index contributed by atoms with van der Waals surface area (Å²) in [5.74, 6) is 0. The standard InChI is InChI=1S/C15H21Cl2NS/c1-10(14-8-11(16)6-7-15(14)17)18-12-4-3-5-13(9-12)19-2/h6-8,10,12-13,18H,3-5,9H2,1-2H3. The molecule has 0 radical (unpaired) electrons. The summed E-state index contributed by atoms with van der Waals surface area (Å²) in [5.41, 5.74) is 1.10. The first kappa shape index (κ1) is 15.5. The topological polar surface area (TPSA) is 12.0 Å². The predicted octanol–water partition coefficient (Wildman–Crippen LogP) is 5.32. The van der Waals surface area contributed by atoms with Crippen LogP contribution in [0.2, 0.25) is 10.0 Å². The highest BCUT2D eigenvalue weighted by atomic mass is 35.5. The number of hydrogen-bond donors (Lipinski definition) is 1. The molecular weight excluding hydrogens is 297 g/mol.